The largest absolute Gasteiger partial charge is 0.358 e. The summed E-state index contributed by atoms with van der Waals surface area (Å²) in [5.41, 5.74) is 8.28. The molecule has 0 fully saturated rings. The molecule has 6 rings (SSSR count). The van der Waals surface area contributed by atoms with Crippen molar-refractivity contribution in [3.8, 4) is 11.4 Å². The van der Waals surface area contributed by atoms with Crippen molar-refractivity contribution in [2.75, 3.05) is 0 Å². The fraction of sp³-hybridized carbons (Fsp3) is 0.0870. The van der Waals surface area contributed by atoms with Gasteiger partial charge in [0.25, 0.3) is 0 Å². The van der Waals surface area contributed by atoms with Gasteiger partial charge in [0, 0.05) is 45.3 Å². The van der Waals surface area contributed by atoms with Crippen molar-refractivity contribution >= 4 is 43.7 Å². The number of pyridine rings is 2. The molecular formula is C23H17N5. The first-order chi connectivity index (χ1) is 13.7. The molecule has 5 nitrogen and oxygen atoms in total. The molecule has 5 heteroatoms. The Labute approximate surface area is 160 Å². The lowest BCUT2D eigenvalue weighted by Gasteiger charge is -2.03. The van der Waals surface area contributed by atoms with Gasteiger partial charge in [-0.2, -0.15) is 0 Å². The summed E-state index contributed by atoms with van der Waals surface area (Å²) in [6.45, 7) is 4.21. The van der Waals surface area contributed by atoms with Crippen LogP contribution >= 0.6 is 0 Å². The first-order valence-electron chi connectivity index (χ1n) is 9.31. The molecule has 2 N–H and O–H groups in total. The normalized spacial score (nSPS) is 11.9. The molecule has 0 spiro atoms. The van der Waals surface area contributed by atoms with Crippen molar-refractivity contribution in [1.82, 2.24) is 24.9 Å². The highest BCUT2D eigenvalue weighted by atomic mass is 14.9. The molecule has 6 aromatic rings. The minimum Gasteiger partial charge on any atom is -0.358 e. The van der Waals surface area contributed by atoms with Crippen molar-refractivity contribution in [1.29, 1.82) is 0 Å². The third-order valence-corrected chi connectivity index (χ3v) is 5.45. The van der Waals surface area contributed by atoms with Gasteiger partial charge in [0.15, 0.2) is 0 Å². The van der Waals surface area contributed by atoms with E-state index in [9.17, 15) is 0 Å². The Morgan fingerprint density at radius 3 is 2.32 bits per heavy atom. The second kappa shape index (κ2) is 5.39. The van der Waals surface area contributed by atoms with Gasteiger partial charge in [-0.1, -0.05) is 11.6 Å². The van der Waals surface area contributed by atoms with Gasteiger partial charge in [-0.05, 0) is 50.2 Å². The Balaban J connectivity index is 1.78. The minimum absolute atomic E-state index is 0.867. The number of aromatic nitrogens is 5. The molecule has 0 aliphatic heterocycles. The van der Waals surface area contributed by atoms with E-state index in [0.717, 1.165) is 55.4 Å². The van der Waals surface area contributed by atoms with Crippen LogP contribution in [0.2, 0.25) is 0 Å². The van der Waals surface area contributed by atoms with Crippen LogP contribution in [-0.2, 0) is 0 Å². The Kier molecular flexibility index (Phi) is 2.95. The highest BCUT2D eigenvalue weighted by Crippen LogP contribution is 2.36. The molecule has 2 aromatic carbocycles. The third kappa shape index (κ3) is 1.98. The number of rotatable bonds is 1. The Bertz CT molecular complexity index is 1460. The van der Waals surface area contributed by atoms with Crippen LogP contribution in [0.4, 0.5) is 0 Å². The van der Waals surface area contributed by atoms with E-state index in [2.05, 4.69) is 64.1 Å². The van der Waals surface area contributed by atoms with Gasteiger partial charge in [-0.25, -0.2) is 4.98 Å². The average molecular weight is 363 g/mol. The summed E-state index contributed by atoms with van der Waals surface area (Å²) in [7, 11) is 0. The maximum atomic E-state index is 5.03. The van der Waals surface area contributed by atoms with E-state index in [4.69, 9.17) is 4.98 Å². The molecule has 4 heterocycles. The van der Waals surface area contributed by atoms with Gasteiger partial charge in [0.2, 0.25) is 0 Å². The summed E-state index contributed by atoms with van der Waals surface area (Å²) >= 11 is 0. The van der Waals surface area contributed by atoms with Gasteiger partial charge < -0.3 is 9.97 Å². The lowest BCUT2D eigenvalue weighted by Crippen LogP contribution is -1.86. The second-order valence-corrected chi connectivity index (χ2v) is 7.28. The molecule has 0 saturated carbocycles. The Morgan fingerprint density at radius 1 is 0.750 bits per heavy atom. The molecule has 4 aromatic heterocycles. The summed E-state index contributed by atoms with van der Waals surface area (Å²) in [5.74, 6) is 0.867. The van der Waals surface area contributed by atoms with E-state index in [1.165, 1.54) is 10.9 Å². The van der Waals surface area contributed by atoms with Crippen molar-refractivity contribution in [2.24, 2.45) is 0 Å². The van der Waals surface area contributed by atoms with Crippen LogP contribution < -0.4 is 0 Å². The molecule has 0 aliphatic carbocycles. The zero-order valence-corrected chi connectivity index (χ0v) is 15.5. The van der Waals surface area contributed by atoms with Gasteiger partial charge in [0.1, 0.15) is 5.82 Å². The van der Waals surface area contributed by atoms with Gasteiger partial charge >= 0.3 is 0 Å². The van der Waals surface area contributed by atoms with E-state index >= 15 is 0 Å². The highest BCUT2D eigenvalue weighted by molar-refractivity contribution is 6.21. The molecule has 134 valence electrons. The molecule has 0 aliphatic rings. The maximum absolute atomic E-state index is 5.03. The van der Waals surface area contributed by atoms with Crippen molar-refractivity contribution in [3.05, 3.63) is 66.1 Å². The SMILES string of the molecule is Cc1ccc2[nH]c(C)c(-c3nc4c5cccnc5c5ncccc5c4[nH]3)c2c1. The van der Waals surface area contributed by atoms with Crippen LogP contribution in [0.1, 0.15) is 11.3 Å². The number of nitrogens with one attached hydrogen (secondary N) is 2. The third-order valence-electron chi connectivity index (χ3n) is 5.45. The molecule has 0 saturated heterocycles. The zero-order valence-electron chi connectivity index (χ0n) is 15.5. The van der Waals surface area contributed by atoms with Crippen LogP contribution in [0.5, 0.6) is 0 Å². The number of aryl methyl sites for hydroxylation is 2. The second-order valence-electron chi connectivity index (χ2n) is 7.28. The van der Waals surface area contributed by atoms with E-state index in [0.29, 0.717) is 0 Å². The van der Waals surface area contributed by atoms with E-state index in [-0.39, 0.29) is 0 Å². The molecule has 0 amide bonds. The quantitative estimate of drug-likeness (QED) is 0.383. The van der Waals surface area contributed by atoms with E-state index in [1.807, 2.05) is 24.5 Å². The Hall–Kier alpha value is -3.73. The first kappa shape index (κ1) is 15.3. The summed E-state index contributed by atoms with van der Waals surface area (Å²) in [4.78, 5) is 21.3. The Morgan fingerprint density at radius 2 is 1.50 bits per heavy atom. The highest BCUT2D eigenvalue weighted by Gasteiger charge is 2.18. The molecule has 0 radical (unpaired) electrons. The number of fused-ring (bicyclic) bond motifs is 7. The lowest BCUT2D eigenvalue weighted by molar-refractivity contribution is 1.26. The fourth-order valence-electron chi connectivity index (χ4n) is 4.21. The predicted octanol–water partition coefficient (Wildman–Crippen LogP) is 5.42. The monoisotopic (exact) mass is 363 g/mol. The standard InChI is InChI=1S/C23H17N5/c1-12-7-8-17-16(11-12)18(13(2)26-17)23-27-21-14-5-3-9-24-19(14)20-15(22(21)28-23)6-4-10-25-20/h3-11,26H,1-2H3,(H,27,28). The topological polar surface area (TPSA) is 70.2 Å². The van der Waals surface area contributed by atoms with Gasteiger partial charge in [-0.3, -0.25) is 9.97 Å². The van der Waals surface area contributed by atoms with Crippen LogP contribution in [-0.4, -0.2) is 24.9 Å². The van der Waals surface area contributed by atoms with Crippen LogP contribution in [0.25, 0.3) is 55.1 Å². The summed E-state index contributed by atoms with van der Waals surface area (Å²) in [6, 6.07) is 14.5. The maximum Gasteiger partial charge on any atom is 0.140 e. The van der Waals surface area contributed by atoms with Gasteiger partial charge in [-0.15, -0.1) is 0 Å². The van der Waals surface area contributed by atoms with Crippen LogP contribution in [0.15, 0.2) is 54.9 Å². The molecular weight excluding hydrogens is 346 g/mol. The van der Waals surface area contributed by atoms with Crippen molar-refractivity contribution < 1.29 is 0 Å². The average Bonchev–Trinajstić information content (AvgIpc) is 3.28. The minimum atomic E-state index is 0.867. The zero-order chi connectivity index (χ0) is 18.8. The number of hydrogen-bond donors (Lipinski definition) is 2. The fourth-order valence-corrected chi connectivity index (χ4v) is 4.21. The van der Waals surface area contributed by atoms with Crippen LogP contribution in [0, 0.1) is 13.8 Å². The molecule has 28 heavy (non-hydrogen) atoms. The lowest BCUT2D eigenvalue weighted by atomic mass is 10.1. The molecule has 0 bridgehead atoms. The van der Waals surface area contributed by atoms with E-state index < -0.39 is 0 Å². The summed E-state index contributed by atoms with van der Waals surface area (Å²) < 4.78 is 0. The number of nitrogens with zero attached hydrogens (tertiary/aromatic N) is 3. The first-order valence-corrected chi connectivity index (χ1v) is 9.31. The van der Waals surface area contributed by atoms with Crippen molar-refractivity contribution in [2.45, 2.75) is 13.8 Å². The van der Waals surface area contributed by atoms with Gasteiger partial charge in [0.05, 0.1) is 22.1 Å². The van der Waals surface area contributed by atoms with Crippen molar-refractivity contribution in [3.63, 3.8) is 0 Å². The smallest absolute Gasteiger partial charge is 0.140 e. The van der Waals surface area contributed by atoms with E-state index in [1.54, 1.807) is 0 Å². The number of imidazole rings is 1. The predicted molar refractivity (Wildman–Crippen MR) is 113 cm³/mol. The molecule has 0 atom stereocenters. The molecule has 0 unspecified atom stereocenters. The summed E-state index contributed by atoms with van der Waals surface area (Å²) in [6.07, 6.45) is 3.62. The number of hydrogen-bond acceptors (Lipinski definition) is 3. The number of aromatic amines is 2. The summed E-state index contributed by atoms with van der Waals surface area (Å²) in [5, 5.41) is 3.23. The number of H-pyrrole nitrogens is 2. The number of benzene rings is 2. The van der Waals surface area contributed by atoms with Crippen LogP contribution in [0.3, 0.4) is 0 Å².